The van der Waals surface area contributed by atoms with Crippen molar-refractivity contribution in [3.8, 4) is 0 Å². The molecule has 6 fully saturated rings. The highest BCUT2D eigenvalue weighted by Crippen LogP contribution is 2.47. The summed E-state index contributed by atoms with van der Waals surface area (Å²) < 4.78 is 51.1. The van der Waals surface area contributed by atoms with Crippen molar-refractivity contribution in [1.82, 2.24) is 0 Å². The Hall–Kier alpha value is -2.31. The molecule has 3 spiro atoms. The Morgan fingerprint density at radius 1 is 1.02 bits per heavy atom. The summed E-state index contributed by atoms with van der Waals surface area (Å²) in [6.07, 6.45) is 14.4. The summed E-state index contributed by atoms with van der Waals surface area (Å²) in [5, 5.41) is 54.6. The molecule has 7 aliphatic rings. The predicted octanol–water partition coefficient (Wildman–Crippen LogP) is 6.17. The summed E-state index contributed by atoms with van der Waals surface area (Å²) >= 11 is 0. The fraction of sp³-hybridized carbons (Fsp3) is 0.784. The molecule has 17 atom stereocenters. The highest BCUT2D eigenvalue weighted by Gasteiger charge is 2.55. The molecule has 0 aromatic carbocycles. The topological polar surface area (TPSA) is 192 Å². The zero-order valence-corrected chi connectivity index (χ0v) is 39.6. The van der Waals surface area contributed by atoms with E-state index in [1.165, 1.54) is 6.92 Å². The molecule has 0 bridgehead atoms. The van der Waals surface area contributed by atoms with E-state index in [1.54, 1.807) is 25.2 Å². The number of esters is 1. The third kappa shape index (κ3) is 11.8. The van der Waals surface area contributed by atoms with Gasteiger partial charge < -0.3 is 63.4 Å². The number of aliphatic hydroxyl groups is 5. The maximum atomic E-state index is 13.0. The Bertz CT molecular complexity index is 1770. The van der Waals surface area contributed by atoms with Crippen molar-refractivity contribution in [3.05, 3.63) is 59.8 Å². The largest absolute Gasteiger partial charge is 0.459 e. The van der Waals surface area contributed by atoms with Crippen molar-refractivity contribution in [2.45, 2.75) is 215 Å². The first-order valence-corrected chi connectivity index (χ1v) is 24.5. The molecule has 0 amide bonds. The number of carbonyl (C=O) groups excluding carboxylic acids is 1. The van der Waals surface area contributed by atoms with Gasteiger partial charge >= 0.3 is 5.97 Å². The van der Waals surface area contributed by atoms with Crippen LogP contribution in [0, 0.1) is 17.8 Å². The number of hydrogen-bond donors (Lipinski definition) is 5. The molecule has 14 heteroatoms. The molecule has 7 rings (SSSR count). The molecule has 0 aromatic rings. The van der Waals surface area contributed by atoms with Crippen LogP contribution in [0.15, 0.2) is 59.8 Å². The van der Waals surface area contributed by atoms with Crippen LogP contribution in [0.2, 0.25) is 0 Å². The third-order valence-electron chi connectivity index (χ3n) is 15.0. The van der Waals surface area contributed by atoms with Gasteiger partial charge in [-0.25, -0.2) is 4.79 Å². The highest BCUT2D eigenvalue weighted by molar-refractivity contribution is 5.78. The third-order valence-corrected chi connectivity index (χ3v) is 15.0. The number of ether oxygens (including phenoxy) is 8. The van der Waals surface area contributed by atoms with Gasteiger partial charge in [-0.1, -0.05) is 63.3 Å². The Morgan fingerprint density at radius 2 is 1.78 bits per heavy atom. The van der Waals surface area contributed by atoms with Gasteiger partial charge in [-0.15, -0.1) is 0 Å². The Labute approximate surface area is 386 Å². The van der Waals surface area contributed by atoms with Gasteiger partial charge in [-0.2, -0.15) is 0 Å². The second-order valence-corrected chi connectivity index (χ2v) is 20.8. The van der Waals surface area contributed by atoms with Crippen LogP contribution in [0.3, 0.4) is 0 Å². The molecule has 0 aromatic heterocycles. The normalized spacial score (nSPS) is 41.7. The van der Waals surface area contributed by atoms with Crippen molar-refractivity contribution in [1.29, 1.82) is 0 Å². The van der Waals surface area contributed by atoms with Crippen LogP contribution < -0.4 is 0 Å². The van der Waals surface area contributed by atoms with Crippen molar-refractivity contribution in [3.63, 3.8) is 0 Å². The standard InChI is InChI=1S/C51H78O14/c1-31(12-8-10-24-52)30-58-47(56)48(7,57)29-38-15-16-42(54)51(62-38)28-32(2)26-41(63-51)33(3)13-14-37-18-22-50(61-37)23-19-40-46(65-50)43(55)36(6)45(60-40)39(53)27-35(5)44-34(4)17-21-49(64-44)20-9-11-25-59-49/h8,10,12-14,28,33-35,37-46,52-55,57H,6,9,11,15-27,29-30H2,1-5,7H3/b10-8+,14-13+,31-12+/t33-,34-,35+,37+,38+,39+,40-,41+,42-,43-,44?,45+,46-,48-,49+,50-,51-/m1/s1. The quantitative estimate of drug-likeness (QED) is 0.0756. The second kappa shape index (κ2) is 21.1. The van der Waals surface area contributed by atoms with Gasteiger partial charge in [0.1, 0.15) is 31.0 Å². The average molecular weight is 915 g/mol. The van der Waals surface area contributed by atoms with Gasteiger partial charge in [0.2, 0.25) is 5.79 Å². The van der Waals surface area contributed by atoms with E-state index in [9.17, 15) is 25.2 Å². The van der Waals surface area contributed by atoms with E-state index in [1.807, 2.05) is 19.1 Å². The predicted molar refractivity (Wildman–Crippen MR) is 241 cm³/mol. The average Bonchev–Trinajstić information content (AvgIpc) is 3.67. The lowest BCUT2D eigenvalue weighted by atomic mass is 9.79. The van der Waals surface area contributed by atoms with Gasteiger partial charge in [-0.05, 0) is 108 Å². The number of aliphatic hydroxyl groups excluding tert-OH is 4. The first-order valence-electron chi connectivity index (χ1n) is 24.5. The van der Waals surface area contributed by atoms with Crippen LogP contribution in [0.1, 0.15) is 131 Å². The van der Waals surface area contributed by atoms with Crippen molar-refractivity contribution in [2.24, 2.45) is 17.8 Å². The SMILES string of the molecule is C=C1[C@@H](O)[C@@H]2O[C@]3(CC[C@H](/C=C/[C@@H](C)[C@@H]4CC(C)=C[C@@]5(O[C@H](C[C@@](C)(O)C(=O)OC/C(C)=C/C=C/CO)CC[C@H]5O)O4)O3)CC[C@H]2O[C@@H]1[C@@H](O)C[C@H](C)C1O[C@@]2(CCCCO2)CC[C@H]1C. The Balaban J connectivity index is 0.901. The number of hydrogen-bond acceptors (Lipinski definition) is 14. The first kappa shape index (κ1) is 50.6. The number of allylic oxidation sites excluding steroid dienone is 2. The van der Waals surface area contributed by atoms with E-state index in [-0.39, 0.29) is 49.8 Å². The maximum absolute atomic E-state index is 13.0. The monoisotopic (exact) mass is 915 g/mol. The fourth-order valence-corrected chi connectivity index (χ4v) is 11.2. The lowest BCUT2D eigenvalue weighted by Gasteiger charge is -2.50. The summed E-state index contributed by atoms with van der Waals surface area (Å²) in [6, 6.07) is 0. The summed E-state index contributed by atoms with van der Waals surface area (Å²) in [7, 11) is 0. The summed E-state index contributed by atoms with van der Waals surface area (Å²) in [5.41, 5.74) is 0.328. The maximum Gasteiger partial charge on any atom is 0.338 e. The zero-order chi connectivity index (χ0) is 46.7. The molecular formula is C51H78O14. The van der Waals surface area contributed by atoms with Gasteiger partial charge in [0.15, 0.2) is 17.2 Å². The molecule has 5 N–H and O–H groups in total. The van der Waals surface area contributed by atoms with Crippen LogP contribution in [0.25, 0.3) is 0 Å². The summed E-state index contributed by atoms with van der Waals surface area (Å²) in [5.74, 6) is -3.31. The molecular weight excluding hydrogens is 837 g/mol. The lowest BCUT2D eigenvalue weighted by molar-refractivity contribution is -0.321. The summed E-state index contributed by atoms with van der Waals surface area (Å²) in [6.45, 7) is 16.4. The molecule has 0 radical (unpaired) electrons. The fourth-order valence-electron chi connectivity index (χ4n) is 11.2. The van der Waals surface area contributed by atoms with Crippen LogP contribution in [0.5, 0.6) is 0 Å². The molecule has 0 aliphatic carbocycles. The second-order valence-electron chi connectivity index (χ2n) is 20.8. The van der Waals surface area contributed by atoms with Gasteiger partial charge in [0, 0.05) is 38.0 Å². The molecule has 6 saturated heterocycles. The minimum Gasteiger partial charge on any atom is -0.459 e. The number of carbonyl (C=O) groups is 1. The minimum absolute atomic E-state index is 0.00750. The van der Waals surface area contributed by atoms with Crippen molar-refractivity contribution in [2.75, 3.05) is 19.8 Å². The van der Waals surface area contributed by atoms with Crippen LogP contribution in [-0.4, -0.2) is 135 Å². The molecule has 7 aliphatic heterocycles. The van der Waals surface area contributed by atoms with Crippen molar-refractivity contribution >= 4 is 5.97 Å². The van der Waals surface area contributed by atoms with Gasteiger partial charge in [0.25, 0.3) is 0 Å². The summed E-state index contributed by atoms with van der Waals surface area (Å²) in [4.78, 5) is 13.0. The highest BCUT2D eigenvalue weighted by atomic mass is 16.7. The Kier molecular flexibility index (Phi) is 16.4. The Morgan fingerprint density at radius 3 is 2.54 bits per heavy atom. The zero-order valence-electron chi connectivity index (χ0n) is 39.6. The molecule has 366 valence electrons. The van der Waals surface area contributed by atoms with E-state index in [4.69, 9.17) is 43.0 Å². The number of fused-ring (bicyclic) bond motifs is 1. The van der Waals surface area contributed by atoms with Crippen LogP contribution in [-0.2, 0) is 42.7 Å². The molecule has 0 saturated carbocycles. The van der Waals surface area contributed by atoms with E-state index < -0.39 is 71.7 Å². The van der Waals surface area contributed by atoms with E-state index >= 15 is 0 Å². The van der Waals surface area contributed by atoms with Crippen LogP contribution in [0.4, 0.5) is 0 Å². The smallest absolute Gasteiger partial charge is 0.338 e. The molecule has 14 nitrogen and oxygen atoms in total. The van der Waals surface area contributed by atoms with E-state index in [0.29, 0.717) is 56.4 Å². The van der Waals surface area contributed by atoms with E-state index in [2.05, 4.69) is 33.4 Å². The minimum atomic E-state index is -1.84. The molecule has 7 heterocycles. The van der Waals surface area contributed by atoms with Gasteiger partial charge in [0.05, 0.1) is 49.8 Å². The number of rotatable bonds is 14. The molecule has 65 heavy (non-hydrogen) atoms. The van der Waals surface area contributed by atoms with Crippen molar-refractivity contribution < 1.29 is 68.2 Å². The molecule has 1 unspecified atom stereocenters. The van der Waals surface area contributed by atoms with Crippen LogP contribution >= 0.6 is 0 Å². The van der Waals surface area contributed by atoms with Gasteiger partial charge in [-0.3, -0.25) is 0 Å². The lowest BCUT2D eigenvalue weighted by Crippen LogP contribution is -2.60. The first-order chi connectivity index (χ1) is 30.9. The van der Waals surface area contributed by atoms with E-state index in [0.717, 1.165) is 56.3 Å².